The van der Waals surface area contributed by atoms with E-state index in [4.69, 9.17) is 0 Å². The zero-order valence-electron chi connectivity index (χ0n) is 24.1. The number of aryl methyl sites for hydroxylation is 3. The summed E-state index contributed by atoms with van der Waals surface area (Å²) in [6, 6.07) is 29.5. The van der Waals surface area contributed by atoms with Gasteiger partial charge in [0.05, 0.1) is 0 Å². The Bertz CT molecular complexity index is 1820. The summed E-state index contributed by atoms with van der Waals surface area (Å²) in [7, 11) is 0. The van der Waals surface area contributed by atoms with E-state index in [0.29, 0.717) is 33.4 Å². The van der Waals surface area contributed by atoms with Crippen LogP contribution >= 0.6 is 0 Å². The van der Waals surface area contributed by atoms with Gasteiger partial charge in [-0.3, -0.25) is 0 Å². The fourth-order valence-electron chi connectivity index (χ4n) is 4.78. The zero-order valence-corrected chi connectivity index (χ0v) is 27.5. The molecule has 2 heterocycles. The van der Waals surface area contributed by atoms with Crippen LogP contribution in [0.2, 0.25) is 0 Å². The van der Waals surface area contributed by atoms with Crippen molar-refractivity contribution in [3.63, 3.8) is 0 Å². The fourth-order valence-corrected chi connectivity index (χ4v) is 8.20. The van der Waals surface area contributed by atoms with E-state index in [-0.39, 0.29) is 29.0 Å². The van der Waals surface area contributed by atoms with Gasteiger partial charge in [-0.15, -0.1) is 0 Å². The molecule has 6 aromatic rings. The van der Waals surface area contributed by atoms with Gasteiger partial charge in [0.15, 0.2) is 0 Å². The minimum absolute atomic E-state index is 0.0948. The molecule has 0 bridgehead atoms. The molecule has 0 radical (unpaired) electrons. The molecule has 0 fully saturated rings. The van der Waals surface area contributed by atoms with Crippen molar-refractivity contribution >= 4 is 29.0 Å². The Balaban J connectivity index is 0.000000171. The summed E-state index contributed by atoms with van der Waals surface area (Å²) in [5.41, 5.74) is 5.19. The second kappa shape index (κ2) is 13.9. The van der Waals surface area contributed by atoms with Crippen LogP contribution in [0.1, 0.15) is 29.4 Å². The maximum atomic E-state index is 14.5. The van der Waals surface area contributed by atoms with Gasteiger partial charge in [-0.2, -0.15) is 0 Å². The van der Waals surface area contributed by atoms with Crippen molar-refractivity contribution in [3.05, 3.63) is 141 Å². The Kier molecular flexibility index (Phi) is 10.1. The van der Waals surface area contributed by atoms with Crippen molar-refractivity contribution in [3.8, 4) is 42.3 Å². The standard InChI is InChI=1S/C19H16F2Se.C18H14F2Se/c1-3-13-5-7-14(8-6-13)15-9-10-16(19(21)18(15)20)17-11-4-12(2)22-17;1-2-12-5-7-13(8-6-12)14-9-10-15(18(20)17(14)19)16-4-3-11-21-16/h4-11H,3H2,1-2H3;3-11H,2H2,1H3. The topological polar surface area (TPSA) is 0 Å². The second-order valence-electron chi connectivity index (χ2n) is 10.1. The number of hydrogen-bond acceptors (Lipinski definition) is 0. The number of benzene rings is 4. The first-order chi connectivity index (χ1) is 20.8. The zero-order chi connectivity index (χ0) is 30.5. The molecule has 4 aromatic carbocycles. The van der Waals surface area contributed by atoms with Crippen LogP contribution in [0, 0.1) is 30.2 Å². The Hall–Kier alpha value is -3.40. The molecule has 43 heavy (non-hydrogen) atoms. The summed E-state index contributed by atoms with van der Waals surface area (Å²) in [6.45, 7) is 6.15. The summed E-state index contributed by atoms with van der Waals surface area (Å²) in [6.07, 6.45) is 1.86. The van der Waals surface area contributed by atoms with Crippen LogP contribution in [-0.2, 0) is 12.8 Å². The van der Waals surface area contributed by atoms with E-state index in [9.17, 15) is 17.6 Å². The van der Waals surface area contributed by atoms with Crippen molar-refractivity contribution in [1.29, 1.82) is 0 Å². The first-order valence-electron chi connectivity index (χ1n) is 14.1. The van der Waals surface area contributed by atoms with E-state index in [2.05, 4.69) is 13.8 Å². The first-order valence-corrected chi connectivity index (χ1v) is 17.6. The maximum absolute atomic E-state index is 14.5. The van der Waals surface area contributed by atoms with Gasteiger partial charge in [-0.25, -0.2) is 0 Å². The average molecular weight is 709 g/mol. The van der Waals surface area contributed by atoms with Crippen LogP contribution in [0.4, 0.5) is 17.6 Å². The number of halogens is 4. The van der Waals surface area contributed by atoms with E-state index < -0.39 is 23.3 Å². The van der Waals surface area contributed by atoms with Gasteiger partial charge in [0.2, 0.25) is 0 Å². The van der Waals surface area contributed by atoms with Crippen LogP contribution < -0.4 is 0 Å². The van der Waals surface area contributed by atoms with Crippen LogP contribution in [0.25, 0.3) is 42.3 Å². The summed E-state index contributed by atoms with van der Waals surface area (Å²) in [4.78, 5) is 2.00. The SMILES string of the molecule is CCc1ccc(-c2ccc(-c3ccc(C)[se]3)c(F)c2F)cc1.CCc1ccc(-c2ccc(-c3ccc[se]3)c(F)c2F)cc1. The molecule has 2 aromatic heterocycles. The third-order valence-electron chi connectivity index (χ3n) is 7.30. The Labute approximate surface area is 262 Å². The normalized spacial score (nSPS) is 10.9. The molecule has 0 aliphatic rings. The van der Waals surface area contributed by atoms with Gasteiger partial charge in [0.25, 0.3) is 0 Å². The van der Waals surface area contributed by atoms with E-state index in [0.717, 1.165) is 21.7 Å². The third kappa shape index (κ3) is 6.89. The molecule has 0 amide bonds. The van der Waals surface area contributed by atoms with E-state index in [1.165, 1.54) is 15.6 Å². The molecule has 6 heteroatoms. The van der Waals surface area contributed by atoms with Crippen molar-refractivity contribution in [2.24, 2.45) is 0 Å². The van der Waals surface area contributed by atoms with Crippen molar-refractivity contribution in [2.75, 3.05) is 0 Å². The predicted molar refractivity (Wildman–Crippen MR) is 172 cm³/mol. The van der Waals surface area contributed by atoms with Gasteiger partial charge >= 0.3 is 263 Å². The molecule has 0 spiro atoms. The molecule has 6 rings (SSSR count). The summed E-state index contributed by atoms with van der Waals surface area (Å²) in [5, 5.41) is 0. The van der Waals surface area contributed by atoms with E-state index >= 15 is 0 Å². The fraction of sp³-hybridized carbons (Fsp3) is 0.135. The molecule has 218 valence electrons. The predicted octanol–water partition coefficient (Wildman–Crippen LogP) is 10.1. The van der Waals surface area contributed by atoms with Gasteiger partial charge in [-0.05, 0) is 0 Å². The summed E-state index contributed by atoms with van der Waals surface area (Å²) >= 11 is 0.190. The monoisotopic (exact) mass is 710 g/mol. The second-order valence-corrected chi connectivity index (χ2v) is 14.8. The van der Waals surface area contributed by atoms with E-state index in [1.807, 2.05) is 84.7 Å². The Morgan fingerprint density at radius 1 is 0.488 bits per heavy atom. The van der Waals surface area contributed by atoms with Crippen LogP contribution in [0.15, 0.2) is 102 Å². The first kappa shape index (κ1) is 31.0. The third-order valence-corrected chi connectivity index (χ3v) is 11.4. The molecule has 0 saturated carbocycles. The van der Waals surface area contributed by atoms with Crippen molar-refractivity contribution < 1.29 is 17.6 Å². The van der Waals surface area contributed by atoms with Crippen molar-refractivity contribution in [2.45, 2.75) is 33.6 Å². The van der Waals surface area contributed by atoms with Gasteiger partial charge in [0.1, 0.15) is 0 Å². The van der Waals surface area contributed by atoms with E-state index in [1.54, 1.807) is 24.3 Å². The minimum atomic E-state index is -0.764. The molecule has 0 aliphatic heterocycles. The molecule has 0 saturated heterocycles. The Morgan fingerprint density at radius 3 is 1.33 bits per heavy atom. The van der Waals surface area contributed by atoms with Crippen molar-refractivity contribution in [1.82, 2.24) is 0 Å². The van der Waals surface area contributed by atoms with Gasteiger partial charge in [-0.1, -0.05) is 0 Å². The molecule has 0 aliphatic carbocycles. The van der Waals surface area contributed by atoms with Crippen LogP contribution in [0.3, 0.4) is 0 Å². The van der Waals surface area contributed by atoms with Gasteiger partial charge in [0, 0.05) is 0 Å². The molecule has 0 nitrogen and oxygen atoms in total. The van der Waals surface area contributed by atoms with Crippen LogP contribution in [0.5, 0.6) is 0 Å². The summed E-state index contributed by atoms with van der Waals surface area (Å²) < 4.78 is 60.6. The summed E-state index contributed by atoms with van der Waals surface area (Å²) in [5.74, 6) is -3.01. The van der Waals surface area contributed by atoms with Gasteiger partial charge < -0.3 is 0 Å². The molecule has 0 N–H and O–H groups in total. The Morgan fingerprint density at radius 2 is 0.930 bits per heavy atom. The molecular weight excluding hydrogens is 678 g/mol. The number of hydrogen-bond donors (Lipinski definition) is 0. The quantitative estimate of drug-likeness (QED) is 0.119. The molecule has 0 atom stereocenters. The van der Waals surface area contributed by atoms with Crippen LogP contribution in [-0.4, -0.2) is 29.0 Å². The average Bonchev–Trinajstić information content (AvgIpc) is 3.73. The molecule has 0 unspecified atom stereocenters. The molecular formula is C37H30F4Se2. The number of rotatable bonds is 6.